The molecule has 0 radical (unpaired) electrons. The Labute approximate surface area is 119 Å². The van der Waals surface area contributed by atoms with Crippen LogP contribution in [0.4, 0.5) is 5.69 Å². The summed E-state index contributed by atoms with van der Waals surface area (Å²) in [6.07, 6.45) is 0. The van der Waals surface area contributed by atoms with E-state index in [9.17, 15) is 4.79 Å². The summed E-state index contributed by atoms with van der Waals surface area (Å²) >= 11 is 0. The Bertz CT molecular complexity index is 447. The zero-order valence-corrected chi connectivity index (χ0v) is 12.5. The Balaban J connectivity index is 2.94. The van der Waals surface area contributed by atoms with Crippen LogP contribution in [0.1, 0.15) is 27.7 Å². The van der Waals surface area contributed by atoms with Crippen LogP contribution in [0.2, 0.25) is 0 Å². The van der Waals surface area contributed by atoms with E-state index in [1.54, 1.807) is 6.92 Å². The summed E-state index contributed by atoms with van der Waals surface area (Å²) in [4.78, 5) is 11.0. The minimum absolute atomic E-state index is 0.219. The average Bonchev–Trinajstić information content (AvgIpc) is 2.41. The van der Waals surface area contributed by atoms with E-state index >= 15 is 0 Å². The van der Waals surface area contributed by atoms with Gasteiger partial charge < -0.3 is 19.9 Å². The highest BCUT2D eigenvalue weighted by molar-refractivity contribution is 5.71. The van der Waals surface area contributed by atoms with E-state index in [0.29, 0.717) is 19.0 Å². The van der Waals surface area contributed by atoms with Crippen molar-refractivity contribution in [3.63, 3.8) is 0 Å². The standard InChI is InChI=1S/C15H23NO4/c1-5-19-12-7-8-14(20-6-2)13(9-12)16-11(4)10(3)15(17)18/h7-11,16H,5-6H2,1-4H3,(H,17,18). The van der Waals surface area contributed by atoms with Crippen molar-refractivity contribution < 1.29 is 19.4 Å². The molecule has 1 rings (SSSR count). The number of hydrogen-bond donors (Lipinski definition) is 2. The van der Waals surface area contributed by atoms with E-state index in [1.165, 1.54) is 0 Å². The van der Waals surface area contributed by atoms with Crippen LogP contribution in [0.15, 0.2) is 18.2 Å². The smallest absolute Gasteiger partial charge is 0.308 e. The average molecular weight is 281 g/mol. The number of rotatable bonds is 8. The number of hydrogen-bond acceptors (Lipinski definition) is 4. The third-order valence-corrected chi connectivity index (χ3v) is 3.08. The van der Waals surface area contributed by atoms with Crippen LogP contribution in [-0.2, 0) is 4.79 Å². The molecule has 0 spiro atoms. The maximum Gasteiger partial charge on any atom is 0.308 e. The Kier molecular flexibility index (Phi) is 6.15. The lowest BCUT2D eigenvalue weighted by Crippen LogP contribution is -2.29. The molecule has 0 heterocycles. The highest BCUT2D eigenvalue weighted by Gasteiger charge is 2.20. The van der Waals surface area contributed by atoms with Gasteiger partial charge in [0.2, 0.25) is 0 Å². The van der Waals surface area contributed by atoms with E-state index < -0.39 is 11.9 Å². The van der Waals surface area contributed by atoms with Crippen molar-refractivity contribution in [2.45, 2.75) is 33.7 Å². The van der Waals surface area contributed by atoms with Crippen LogP contribution in [0, 0.1) is 5.92 Å². The van der Waals surface area contributed by atoms with E-state index in [-0.39, 0.29) is 6.04 Å². The summed E-state index contributed by atoms with van der Waals surface area (Å²) in [5, 5.41) is 12.2. The van der Waals surface area contributed by atoms with Gasteiger partial charge in [0.15, 0.2) is 0 Å². The molecule has 0 aliphatic carbocycles. The molecular weight excluding hydrogens is 258 g/mol. The van der Waals surface area contributed by atoms with Gasteiger partial charge in [-0.3, -0.25) is 4.79 Å². The monoisotopic (exact) mass is 281 g/mol. The third kappa shape index (κ3) is 4.33. The molecule has 0 aliphatic heterocycles. The molecule has 5 heteroatoms. The lowest BCUT2D eigenvalue weighted by molar-refractivity contribution is -0.141. The highest BCUT2D eigenvalue weighted by Crippen LogP contribution is 2.30. The second-order valence-electron chi connectivity index (χ2n) is 4.58. The first-order valence-corrected chi connectivity index (χ1v) is 6.88. The fraction of sp³-hybridized carbons (Fsp3) is 0.533. The zero-order chi connectivity index (χ0) is 15.1. The summed E-state index contributed by atoms with van der Waals surface area (Å²) in [5.74, 6) is 0.0955. The predicted octanol–water partition coefficient (Wildman–Crippen LogP) is 3.01. The molecule has 20 heavy (non-hydrogen) atoms. The first kappa shape index (κ1) is 16.1. The summed E-state index contributed by atoms with van der Waals surface area (Å²) in [7, 11) is 0. The summed E-state index contributed by atoms with van der Waals surface area (Å²) in [6, 6.07) is 5.28. The molecule has 0 saturated heterocycles. The summed E-state index contributed by atoms with van der Waals surface area (Å²) in [5.41, 5.74) is 0.749. The van der Waals surface area contributed by atoms with Crippen LogP contribution in [-0.4, -0.2) is 30.3 Å². The van der Waals surface area contributed by atoms with Crippen molar-refractivity contribution in [3.8, 4) is 11.5 Å². The molecule has 0 saturated carbocycles. The fourth-order valence-electron chi connectivity index (χ4n) is 1.74. The van der Waals surface area contributed by atoms with Crippen LogP contribution in [0.5, 0.6) is 11.5 Å². The van der Waals surface area contributed by atoms with Gasteiger partial charge in [0.25, 0.3) is 0 Å². The van der Waals surface area contributed by atoms with Crippen LogP contribution >= 0.6 is 0 Å². The number of carboxylic acids is 1. The van der Waals surface area contributed by atoms with Gasteiger partial charge in [-0.1, -0.05) is 0 Å². The van der Waals surface area contributed by atoms with Gasteiger partial charge >= 0.3 is 5.97 Å². The fourth-order valence-corrected chi connectivity index (χ4v) is 1.74. The minimum atomic E-state index is -0.830. The lowest BCUT2D eigenvalue weighted by Gasteiger charge is -2.21. The Hall–Kier alpha value is -1.91. The van der Waals surface area contributed by atoms with E-state index in [2.05, 4.69) is 5.32 Å². The maximum atomic E-state index is 11.0. The van der Waals surface area contributed by atoms with Gasteiger partial charge in [0.1, 0.15) is 11.5 Å². The quantitative estimate of drug-likeness (QED) is 0.766. The van der Waals surface area contributed by atoms with Crippen molar-refractivity contribution in [2.75, 3.05) is 18.5 Å². The molecule has 2 unspecified atom stereocenters. The number of benzene rings is 1. The number of carboxylic acid groups (broad SMARTS) is 1. The van der Waals surface area contributed by atoms with E-state index in [1.807, 2.05) is 39.0 Å². The Morgan fingerprint density at radius 3 is 2.45 bits per heavy atom. The SMILES string of the molecule is CCOc1ccc(OCC)c(NC(C)C(C)C(=O)O)c1. The minimum Gasteiger partial charge on any atom is -0.494 e. The van der Waals surface area contributed by atoms with Crippen molar-refractivity contribution in [2.24, 2.45) is 5.92 Å². The second-order valence-corrected chi connectivity index (χ2v) is 4.58. The molecule has 0 amide bonds. The number of ether oxygens (including phenoxy) is 2. The van der Waals surface area contributed by atoms with Gasteiger partial charge in [0, 0.05) is 12.1 Å². The van der Waals surface area contributed by atoms with Crippen molar-refractivity contribution >= 4 is 11.7 Å². The summed E-state index contributed by atoms with van der Waals surface area (Å²) in [6.45, 7) is 8.46. The van der Waals surface area contributed by atoms with Crippen LogP contribution in [0.3, 0.4) is 0 Å². The number of anilines is 1. The molecule has 1 aromatic carbocycles. The molecular formula is C15H23NO4. The number of carbonyl (C=O) groups is 1. The van der Waals surface area contributed by atoms with Gasteiger partial charge in [0.05, 0.1) is 24.8 Å². The zero-order valence-electron chi connectivity index (χ0n) is 12.5. The van der Waals surface area contributed by atoms with Crippen molar-refractivity contribution in [1.29, 1.82) is 0 Å². The maximum absolute atomic E-state index is 11.0. The predicted molar refractivity (Wildman–Crippen MR) is 78.7 cm³/mol. The lowest BCUT2D eigenvalue weighted by atomic mass is 10.0. The van der Waals surface area contributed by atoms with Gasteiger partial charge in [-0.05, 0) is 39.8 Å². The van der Waals surface area contributed by atoms with Crippen LogP contribution < -0.4 is 14.8 Å². The Morgan fingerprint density at radius 2 is 1.90 bits per heavy atom. The molecule has 0 aromatic heterocycles. The number of aliphatic carboxylic acids is 1. The largest absolute Gasteiger partial charge is 0.494 e. The van der Waals surface area contributed by atoms with Gasteiger partial charge in [-0.15, -0.1) is 0 Å². The molecule has 0 aliphatic rings. The van der Waals surface area contributed by atoms with Crippen molar-refractivity contribution in [1.82, 2.24) is 0 Å². The third-order valence-electron chi connectivity index (χ3n) is 3.08. The molecule has 0 bridgehead atoms. The Morgan fingerprint density at radius 1 is 1.25 bits per heavy atom. The molecule has 2 atom stereocenters. The topological polar surface area (TPSA) is 67.8 Å². The first-order chi connectivity index (χ1) is 9.49. The number of nitrogens with one attached hydrogen (secondary N) is 1. The van der Waals surface area contributed by atoms with E-state index in [4.69, 9.17) is 14.6 Å². The van der Waals surface area contributed by atoms with Gasteiger partial charge in [-0.2, -0.15) is 0 Å². The van der Waals surface area contributed by atoms with Crippen molar-refractivity contribution in [3.05, 3.63) is 18.2 Å². The molecule has 112 valence electrons. The normalized spacial score (nSPS) is 13.4. The highest BCUT2D eigenvalue weighted by atomic mass is 16.5. The van der Waals surface area contributed by atoms with Gasteiger partial charge in [-0.25, -0.2) is 0 Å². The molecule has 2 N–H and O–H groups in total. The summed E-state index contributed by atoms with van der Waals surface area (Å²) < 4.78 is 11.0. The molecule has 1 aromatic rings. The van der Waals surface area contributed by atoms with E-state index in [0.717, 1.165) is 11.4 Å². The first-order valence-electron chi connectivity index (χ1n) is 6.88. The molecule has 0 fully saturated rings. The van der Waals surface area contributed by atoms with Crippen LogP contribution in [0.25, 0.3) is 0 Å². The second kappa shape index (κ2) is 7.62. The molecule has 5 nitrogen and oxygen atoms in total.